The molecule has 18 heavy (non-hydrogen) atoms. The lowest BCUT2D eigenvalue weighted by atomic mass is 10.2. The molecule has 0 aliphatic carbocycles. The van der Waals surface area contributed by atoms with Crippen LogP contribution in [0.2, 0.25) is 0 Å². The fourth-order valence-electron chi connectivity index (χ4n) is 1.70. The highest BCUT2D eigenvalue weighted by molar-refractivity contribution is 5.44. The van der Waals surface area contributed by atoms with Crippen molar-refractivity contribution in [2.75, 3.05) is 5.32 Å². The van der Waals surface area contributed by atoms with Crippen LogP contribution in [0, 0.1) is 11.7 Å². The number of rotatable bonds is 5. The Morgan fingerprint density at radius 2 is 2.11 bits per heavy atom. The SMILES string of the molecule is CC(C)Cn1ncnc1CNc1ccccc1F. The molecule has 1 heterocycles. The second-order valence-corrected chi connectivity index (χ2v) is 4.59. The van der Waals surface area contributed by atoms with E-state index in [2.05, 4.69) is 29.2 Å². The van der Waals surface area contributed by atoms with Crippen molar-refractivity contribution in [3.63, 3.8) is 0 Å². The molecule has 2 rings (SSSR count). The van der Waals surface area contributed by atoms with Gasteiger partial charge in [0.25, 0.3) is 0 Å². The van der Waals surface area contributed by atoms with Crippen LogP contribution in [0.15, 0.2) is 30.6 Å². The van der Waals surface area contributed by atoms with Crippen molar-refractivity contribution in [3.05, 3.63) is 42.2 Å². The van der Waals surface area contributed by atoms with E-state index < -0.39 is 0 Å². The molecule has 96 valence electrons. The van der Waals surface area contributed by atoms with Crippen molar-refractivity contribution in [1.82, 2.24) is 14.8 Å². The number of aromatic nitrogens is 3. The molecule has 1 aromatic heterocycles. The van der Waals surface area contributed by atoms with Crippen LogP contribution in [0.3, 0.4) is 0 Å². The topological polar surface area (TPSA) is 42.7 Å². The van der Waals surface area contributed by atoms with Gasteiger partial charge in [0.1, 0.15) is 18.0 Å². The van der Waals surface area contributed by atoms with Crippen LogP contribution < -0.4 is 5.32 Å². The molecule has 0 aliphatic rings. The smallest absolute Gasteiger partial charge is 0.146 e. The number of halogens is 1. The molecule has 0 atom stereocenters. The van der Waals surface area contributed by atoms with Crippen molar-refractivity contribution in [1.29, 1.82) is 0 Å². The van der Waals surface area contributed by atoms with Crippen LogP contribution in [0.25, 0.3) is 0 Å². The molecule has 0 saturated carbocycles. The van der Waals surface area contributed by atoms with Crippen LogP contribution in [0.4, 0.5) is 10.1 Å². The molecule has 4 nitrogen and oxygen atoms in total. The summed E-state index contributed by atoms with van der Waals surface area (Å²) in [6.07, 6.45) is 1.53. The first-order valence-corrected chi connectivity index (χ1v) is 6.02. The van der Waals surface area contributed by atoms with Gasteiger partial charge < -0.3 is 5.32 Å². The Hall–Kier alpha value is -1.91. The Balaban J connectivity index is 2.02. The molecule has 5 heteroatoms. The number of nitrogens with zero attached hydrogens (tertiary/aromatic N) is 3. The summed E-state index contributed by atoms with van der Waals surface area (Å²) in [6.45, 7) is 5.52. The molecule has 0 spiro atoms. The Labute approximate surface area is 106 Å². The van der Waals surface area contributed by atoms with E-state index in [9.17, 15) is 4.39 Å². The molecule has 0 bridgehead atoms. The lowest BCUT2D eigenvalue weighted by Gasteiger charge is -2.10. The second kappa shape index (κ2) is 5.62. The summed E-state index contributed by atoms with van der Waals surface area (Å²) in [5.74, 6) is 1.05. The second-order valence-electron chi connectivity index (χ2n) is 4.59. The Morgan fingerprint density at radius 3 is 2.83 bits per heavy atom. The Bertz CT molecular complexity index is 507. The zero-order valence-corrected chi connectivity index (χ0v) is 10.6. The van der Waals surface area contributed by atoms with Gasteiger partial charge in [-0.05, 0) is 18.1 Å². The zero-order valence-electron chi connectivity index (χ0n) is 10.6. The Kier molecular flexibility index (Phi) is 3.92. The first-order chi connectivity index (χ1) is 8.66. The zero-order chi connectivity index (χ0) is 13.0. The van der Waals surface area contributed by atoms with Crippen molar-refractivity contribution in [2.24, 2.45) is 5.92 Å². The molecular formula is C13H17FN4. The summed E-state index contributed by atoms with van der Waals surface area (Å²) in [6, 6.07) is 6.60. The minimum Gasteiger partial charge on any atom is -0.375 e. The molecule has 0 aliphatic heterocycles. The molecule has 2 aromatic rings. The summed E-state index contributed by atoms with van der Waals surface area (Å²) in [4.78, 5) is 4.18. The van der Waals surface area contributed by atoms with Crippen LogP contribution in [-0.4, -0.2) is 14.8 Å². The number of nitrogens with one attached hydrogen (secondary N) is 1. The van der Waals surface area contributed by atoms with Gasteiger partial charge in [-0.2, -0.15) is 5.10 Å². The van der Waals surface area contributed by atoms with Crippen LogP contribution in [0.1, 0.15) is 19.7 Å². The van der Waals surface area contributed by atoms with Crippen molar-refractivity contribution in [3.8, 4) is 0 Å². The highest BCUT2D eigenvalue weighted by Crippen LogP contribution is 2.13. The standard InChI is InChI=1S/C13H17FN4/c1-10(2)8-18-13(16-9-17-18)7-15-12-6-4-3-5-11(12)14/h3-6,9-10,15H,7-8H2,1-2H3. The number of hydrogen-bond donors (Lipinski definition) is 1. The molecule has 1 N–H and O–H groups in total. The molecular weight excluding hydrogens is 231 g/mol. The van der Waals surface area contributed by atoms with Gasteiger partial charge in [0, 0.05) is 6.54 Å². The lowest BCUT2D eigenvalue weighted by Crippen LogP contribution is -2.13. The van der Waals surface area contributed by atoms with E-state index in [-0.39, 0.29) is 5.82 Å². The third kappa shape index (κ3) is 3.06. The van der Waals surface area contributed by atoms with E-state index in [1.165, 1.54) is 12.4 Å². The summed E-state index contributed by atoms with van der Waals surface area (Å²) in [5, 5.41) is 7.19. The maximum absolute atomic E-state index is 13.4. The monoisotopic (exact) mass is 248 g/mol. The third-order valence-electron chi connectivity index (χ3n) is 2.54. The molecule has 0 radical (unpaired) electrons. The van der Waals surface area contributed by atoms with Gasteiger partial charge in [-0.25, -0.2) is 14.1 Å². The highest BCUT2D eigenvalue weighted by Gasteiger charge is 2.07. The average Bonchev–Trinajstić information content (AvgIpc) is 2.75. The maximum atomic E-state index is 13.4. The van der Waals surface area contributed by atoms with Crippen LogP contribution >= 0.6 is 0 Å². The molecule has 0 amide bonds. The molecule has 1 aromatic carbocycles. The van der Waals surface area contributed by atoms with Gasteiger partial charge >= 0.3 is 0 Å². The fourth-order valence-corrected chi connectivity index (χ4v) is 1.70. The molecule has 0 unspecified atom stereocenters. The average molecular weight is 248 g/mol. The highest BCUT2D eigenvalue weighted by atomic mass is 19.1. The summed E-state index contributed by atoms with van der Waals surface area (Å²) >= 11 is 0. The van der Waals surface area contributed by atoms with E-state index in [0.29, 0.717) is 18.2 Å². The summed E-state index contributed by atoms with van der Waals surface area (Å²) < 4.78 is 15.3. The van der Waals surface area contributed by atoms with Gasteiger partial charge in [-0.1, -0.05) is 26.0 Å². The number of para-hydroxylation sites is 1. The number of benzene rings is 1. The molecule has 0 saturated heterocycles. The van der Waals surface area contributed by atoms with E-state index in [1.807, 2.05) is 4.68 Å². The summed E-state index contributed by atoms with van der Waals surface area (Å²) in [5.41, 5.74) is 0.483. The van der Waals surface area contributed by atoms with E-state index in [1.54, 1.807) is 18.2 Å². The minimum atomic E-state index is -0.257. The van der Waals surface area contributed by atoms with Crippen LogP contribution in [-0.2, 0) is 13.1 Å². The normalized spacial score (nSPS) is 10.9. The van der Waals surface area contributed by atoms with Crippen LogP contribution in [0.5, 0.6) is 0 Å². The third-order valence-corrected chi connectivity index (χ3v) is 2.54. The van der Waals surface area contributed by atoms with Crippen molar-refractivity contribution < 1.29 is 4.39 Å². The van der Waals surface area contributed by atoms with Crippen molar-refractivity contribution >= 4 is 5.69 Å². The van der Waals surface area contributed by atoms with E-state index >= 15 is 0 Å². The maximum Gasteiger partial charge on any atom is 0.146 e. The summed E-state index contributed by atoms with van der Waals surface area (Å²) in [7, 11) is 0. The van der Waals surface area contributed by atoms with E-state index in [4.69, 9.17) is 0 Å². The van der Waals surface area contributed by atoms with Crippen molar-refractivity contribution in [2.45, 2.75) is 26.9 Å². The predicted octanol–water partition coefficient (Wildman–Crippen LogP) is 2.69. The number of anilines is 1. The van der Waals surface area contributed by atoms with Gasteiger partial charge in [0.2, 0.25) is 0 Å². The quantitative estimate of drug-likeness (QED) is 0.884. The first-order valence-electron chi connectivity index (χ1n) is 6.02. The van der Waals surface area contributed by atoms with Gasteiger partial charge in [0.05, 0.1) is 12.2 Å². The largest absolute Gasteiger partial charge is 0.375 e. The van der Waals surface area contributed by atoms with Gasteiger partial charge in [-0.15, -0.1) is 0 Å². The fraction of sp³-hybridized carbons (Fsp3) is 0.385. The predicted molar refractivity (Wildman–Crippen MR) is 68.6 cm³/mol. The van der Waals surface area contributed by atoms with E-state index in [0.717, 1.165) is 12.4 Å². The number of hydrogen-bond acceptors (Lipinski definition) is 3. The first kappa shape index (κ1) is 12.5. The molecule has 0 fully saturated rings. The Morgan fingerprint density at radius 1 is 1.33 bits per heavy atom. The lowest BCUT2D eigenvalue weighted by molar-refractivity contribution is 0.468. The minimum absolute atomic E-state index is 0.257. The van der Waals surface area contributed by atoms with Gasteiger partial charge in [0.15, 0.2) is 0 Å². The van der Waals surface area contributed by atoms with Gasteiger partial charge in [-0.3, -0.25) is 0 Å².